The molecule has 10 heteroatoms. The maximum atomic E-state index is 13.7. The molecule has 1 amide bonds. The first-order valence-corrected chi connectivity index (χ1v) is 11.0. The number of nitrogens with zero attached hydrogens (tertiary/aromatic N) is 3. The first kappa shape index (κ1) is 21.2. The second-order valence-electron chi connectivity index (χ2n) is 7.62. The molecule has 0 bridgehead atoms. The topological polar surface area (TPSA) is 52.2 Å². The van der Waals surface area contributed by atoms with Gasteiger partial charge in [0, 0.05) is 43.9 Å². The van der Waals surface area contributed by atoms with Gasteiger partial charge in [-0.2, -0.15) is 18.3 Å². The smallest absolute Gasteiger partial charge is 0.337 e. The molecule has 0 saturated carbocycles. The van der Waals surface area contributed by atoms with E-state index in [-0.39, 0.29) is 11.5 Å². The Morgan fingerprint density at radius 3 is 2.63 bits per heavy atom. The molecule has 0 radical (unpaired) electrons. The molecule has 5 nitrogen and oxygen atoms in total. The van der Waals surface area contributed by atoms with Crippen molar-refractivity contribution in [1.82, 2.24) is 19.4 Å². The van der Waals surface area contributed by atoms with E-state index >= 15 is 0 Å². The molecule has 2 aromatic rings. The minimum absolute atomic E-state index is 0.0256. The zero-order valence-corrected chi connectivity index (χ0v) is 17.2. The number of hydrogen-bond acceptors (Lipinski definition) is 4. The zero-order chi connectivity index (χ0) is 21.5. The van der Waals surface area contributed by atoms with Gasteiger partial charge in [0.2, 0.25) is 0 Å². The largest absolute Gasteiger partial charge is 0.416 e. The highest BCUT2D eigenvalue weighted by molar-refractivity contribution is 7.96. The summed E-state index contributed by atoms with van der Waals surface area (Å²) in [6.07, 6.45) is -1.06. The van der Waals surface area contributed by atoms with Crippen molar-refractivity contribution in [2.24, 2.45) is 0 Å². The molecule has 1 N–H and O–H groups in total. The van der Waals surface area contributed by atoms with Crippen LogP contribution >= 0.6 is 11.9 Å². The van der Waals surface area contributed by atoms with Crippen molar-refractivity contribution in [3.8, 4) is 0 Å². The van der Waals surface area contributed by atoms with Crippen LogP contribution in [0.25, 0.3) is 0 Å². The van der Waals surface area contributed by atoms with Crippen LogP contribution < -0.4 is 0 Å². The van der Waals surface area contributed by atoms with Gasteiger partial charge in [0.05, 0.1) is 5.56 Å². The highest BCUT2D eigenvalue weighted by Crippen LogP contribution is 2.39. The Morgan fingerprint density at radius 1 is 1.23 bits per heavy atom. The number of halogens is 4. The van der Waals surface area contributed by atoms with E-state index in [2.05, 4.69) is 14.5 Å². The number of carbonyl (C=O) groups excluding carboxylic acids is 1. The summed E-state index contributed by atoms with van der Waals surface area (Å²) in [4.78, 5) is 14.7. The standard InChI is InChI=1S/C20H22F4N4OS/c1-30-28-9-6-17-15(11-28)18(26-25-17)19(29)27-7-4-12(5-8-27)14-10-13(21)2-3-16(14)20(22,23)24/h2-3,10,12H,4-9,11H2,1H3,(H,25,26). The molecule has 0 unspecified atom stereocenters. The molecule has 30 heavy (non-hydrogen) atoms. The van der Waals surface area contributed by atoms with E-state index in [4.69, 9.17) is 0 Å². The van der Waals surface area contributed by atoms with E-state index in [0.29, 0.717) is 38.2 Å². The number of aromatic nitrogens is 2. The molecule has 2 aliphatic rings. The van der Waals surface area contributed by atoms with Crippen molar-refractivity contribution in [1.29, 1.82) is 0 Å². The van der Waals surface area contributed by atoms with Gasteiger partial charge in [-0.25, -0.2) is 8.70 Å². The van der Waals surface area contributed by atoms with Gasteiger partial charge in [-0.3, -0.25) is 9.89 Å². The van der Waals surface area contributed by atoms with Crippen LogP contribution in [0.3, 0.4) is 0 Å². The van der Waals surface area contributed by atoms with Gasteiger partial charge in [0.25, 0.3) is 5.91 Å². The number of aromatic amines is 1. The van der Waals surface area contributed by atoms with E-state index in [1.54, 1.807) is 16.8 Å². The van der Waals surface area contributed by atoms with Crippen LogP contribution in [0.4, 0.5) is 17.6 Å². The number of amides is 1. The van der Waals surface area contributed by atoms with Crippen molar-refractivity contribution in [3.63, 3.8) is 0 Å². The van der Waals surface area contributed by atoms with E-state index in [1.807, 2.05) is 6.26 Å². The average Bonchev–Trinajstić information content (AvgIpc) is 3.15. The van der Waals surface area contributed by atoms with Crippen LogP contribution in [0.2, 0.25) is 0 Å². The summed E-state index contributed by atoms with van der Waals surface area (Å²) in [6, 6.07) is 2.62. The van der Waals surface area contributed by atoms with E-state index in [1.165, 1.54) is 0 Å². The molecule has 0 spiro atoms. The monoisotopic (exact) mass is 442 g/mol. The fourth-order valence-corrected chi connectivity index (χ4v) is 4.81. The van der Waals surface area contributed by atoms with Gasteiger partial charge < -0.3 is 4.90 Å². The Kier molecular flexibility index (Phi) is 5.80. The van der Waals surface area contributed by atoms with Gasteiger partial charge >= 0.3 is 6.18 Å². The number of fused-ring (bicyclic) bond motifs is 1. The van der Waals surface area contributed by atoms with Crippen LogP contribution in [0, 0.1) is 5.82 Å². The molecule has 3 heterocycles. The van der Waals surface area contributed by atoms with Crippen molar-refractivity contribution >= 4 is 17.9 Å². The molecule has 4 rings (SSSR count). The Labute approximate surface area is 175 Å². The molecule has 1 saturated heterocycles. The first-order valence-electron chi connectivity index (χ1n) is 9.79. The molecule has 2 aliphatic heterocycles. The minimum Gasteiger partial charge on any atom is -0.337 e. The van der Waals surface area contributed by atoms with Gasteiger partial charge in [-0.1, -0.05) is 11.9 Å². The van der Waals surface area contributed by atoms with Crippen LogP contribution in [0.1, 0.15) is 51.6 Å². The number of carbonyl (C=O) groups is 1. The summed E-state index contributed by atoms with van der Waals surface area (Å²) in [5.41, 5.74) is 1.43. The normalized spacial score (nSPS) is 18.5. The minimum atomic E-state index is -4.53. The number of piperidine rings is 1. The lowest BCUT2D eigenvalue weighted by molar-refractivity contribution is -0.138. The molecular formula is C20H22F4N4OS. The second-order valence-corrected chi connectivity index (χ2v) is 8.50. The summed E-state index contributed by atoms with van der Waals surface area (Å²) in [5.74, 6) is -1.33. The third kappa shape index (κ3) is 4.07. The van der Waals surface area contributed by atoms with Crippen molar-refractivity contribution < 1.29 is 22.4 Å². The predicted octanol–water partition coefficient (Wildman–Crippen LogP) is 4.22. The van der Waals surface area contributed by atoms with Crippen LogP contribution in [0.15, 0.2) is 18.2 Å². The maximum absolute atomic E-state index is 13.7. The van der Waals surface area contributed by atoms with E-state index < -0.39 is 23.5 Å². The number of rotatable bonds is 3. The fraction of sp³-hybridized carbons (Fsp3) is 0.500. The third-order valence-electron chi connectivity index (χ3n) is 5.90. The zero-order valence-electron chi connectivity index (χ0n) is 16.4. The molecule has 1 fully saturated rings. The Balaban J connectivity index is 1.48. The van der Waals surface area contributed by atoms with E-state index in [9.17, 15) is 22.4 Å². The summed E-state index contributed by atoms with van der Waals surface area (Å²) in [7, 11) is 0. The number of likely N-dealkylation sites (tertiary alicyclic amines) is 1. The second kappa shape index (κ2) is 8.22. The van der Waals surface area contributed by atoms with Gasteiger partial charge in [0.1, 0.15) is 5.82 Å². The summed E-state index contributed by atoms with van der Waals surface area (Å²) in [5, 5.41) is 7.18. The third-order valence-corrected chi connectivity index (χ3v) is 6.73. The van der Waals surface area contributed by atoms with Crippen LogP contribution in [-0.4, -0.2) is 51.2 Å². The number of benzene rings is 1. The lowest BCUT2D eigenvalue weighted by Crippen LogP contribution is -2.39. The van der Waals surface area contributed by atoms with Gasteiger partial charge in [-0.15, -0.1) is 0 Å². The van der Waals surface area contributed by atoms with Crippen molar-refractivity contribution in [2.75, 3.05) is 25.9 Å². The average molecular weight is 442 g/mol. The summed E-state index contributed by atoms with van der Waals surface area (Å²) in [6.45, 7) is 2.13. The molecule has 1 aromatic heterocycles. The molecule has 162 valence electrons. The van der Waals surface area contributed by atoms with Crippen LogP contribution in [0.5, 0.6) is 0 Å². The highest BCUT2D eigenvalue weighted by Gasteiger charge is 2.37. The molecule has 0 atom stereocenters. The molecular weight excluding hydrogens is 420 g/mol. The van der Waals surface area contributed by atoms with Crippen molar-refractivity contribution in [3.05, 3.63) is 52.1 Å². The molecule has 1 aromatic carbocycles. The van der Waals surface area contributed by atoms with E-state index in [0.717, 1.165) is 42.4 Å². The number of hydrogen-bond donors (Lipinski definition) is 1. The lowest BCUT2D eigenvalue weighted by atomic mass is 9.86. The number of nitrogens with one attached hydrogen (secondary N) is 1. The van der Waals surface area contributed by atoms with Crippen LogP contribution in [-0.2, 0) is 19.1 Å². The first-order chi connectivity index (χ1) is 14.3. The van der Waals surface area contributed by atoms with Crippen molar-refractivity contribution in [2.45, 2.75) is 37.9 Å². The quantitative estimate of drug-likeness (QED) is 0.571. The maximum Gasteiger partial charge on any atom is 0.416 e. The number of alkyl halides is 3. The summed E-state index contributed by atoms with van der Waals surface area (Å²) >= 11 is 1.62. The highest BCUT2D eigenvalue weighted by atomic mass is 32.2. The SMILES string of the molecule is CSN1CCc2[nH]nc(C(=O)N3CCC(c4cc(F)ccc4C(F)(F)F)CC3)c2C1. The number of H-pyrrole nitrogens is 1. The predicted molar refractivity (Wildman–Crippen MR) is 105 cm³/mol. The van der Waals surface area contributed by atoms with Gasteiger partial charge in [-0.05, 0) is 48.8 Å². The Hall–Kier alpha value is -2.07. The fourth-order valence-electron chi connectivity index (χ4n) is 4.28. The lowest BCUT2D eigenvalue weighted by Gasteiger charge is -2.33. The molecule has 0 aliphatic carbocycles. The van der Waals surface area contributed by atoms with Gasteiger partial charge in [0.15, 0.2) is 5.69 Å². The Bertz CT molecular complexity index is 937. The summed E-state index contributed by atoms with van der Waals surface area (Å²) < 4.78 is 55.8. The Morgan fingerprint density at radius 2 is 1.97 bits per heavy atom.